The van der Waals surface area contributed by atoms with E-state index in [4.69, 9.17) is 11.6 Å². The third kappa shape index (κ3) is 4.76. The van der Waals surface area contributed by atoms with Crippen molar-refractivity contribution in [1.82, 2.24) is 15.5 Å². The maximum atomic E-state index is 11.8. The van der Waals surface area contributed by atoms with Crippen molar-refractivity contribution in [3.8, 4) is 0 Å². The number of carbonyl (C=O) groups excluding carboxylic acids is 1. The van der Waals surface area contributed by atoms with E-state index in [1.165, 1.54) is 24.2 Å². The molecule has 1 aliphatic rings. The van der Waals surface area contributed by atoms with Crippen LogP contribution in [0.5, 0.6) is 0 Å². The number of hydrogen-bond acceptors (Lipinski definition) is 5. The van der Waals surface area contributed by atoms with Crippen molar-refractivity contribution in [3.05, 3.63) is 39.9 Å². The Bertz CT molecular complexity index is 656. The number of benzene rings is 1. The third-order valence-electron chi connectivity index (χ3n) is 3.37. The standard InChI is InChI=1S/C15H17ClN4OS/c16-12-3-1-2-11(6-12)7-14-19-20-15(22-14)18-13(21)9-17-8-10-4-5-10/h1-3,6,10,17H,4-5,7-9H2,(H,18,20,21). The summed E-state index contributed by atoms with van der Waals surface area (Å²) in [5.41, 5.74) is 1.08. The van der Waals surface area contributed by atoms with Gasteiger partial charge < -0.3 is 5.32 Å². The first kappa shape index (κ1) is 15.4. The summed E-state index contributed by atoms with van der Waals surface area (Å²) in [4.78, 5) is 11.8. The zero-order chi connectivity index (χ0) is 15.4. The topological polar surface area (TPSA) is 66.9 Å². The summed E-state index contributed by atoms with van der Waals surface area (Å²) in [7, 11) is 0. The first-order valence-electron chi connectivity index (χ1n) is 7.26. The quantitative estimate of drug-likeness (QED) is 0.816. The van der Waals surface area contributed by atoms with Crippen LogP contribution in [-0.2, 0) is 11.2 Å². The molecule has 2 aromatic rings. The maximum absolute atomic E-state index is 11.8. The van der Waals surface area contributed by atoms with Gasteiger partial charge in [-0.15, -0.1) is 10.2 Å². The molecule has 22 heavy (non-hydrogen) atoms. The second-order valence-corrected chi connectivity index (χ2v) is 6.93. The van der Waals surface area contributed by atoms with Crippen LogP contribution in [0.2, 0.25) is 5.02 Å². The lowest BCUT2D eigenvalue weighted by molar-refractivity contribution is -0.115. The smallest absolute Gasteiger partial charge is 0.240 e. The molecular formula is C15H17ClN4OS. The molecular weight excluding hydrogens is 320 g/mol. The van der Waals surface area contributed by atoms with Crippen LogP contribution in [0.15, 0.2) is 24.3 Å². The fourth-order valence-electron chi connectivity index (χ4n) is 2.07. The monoisotopic (exact) mass is 336 g/mol. The molecule has 3 rings (SSSR count). The Morgan fingerprint density at radius 2 is 2.23 bits per heavy atom. The average molecular weight is 337 g/mol. The highest BCUT2D eigenvalue weighted by Crippen LogP contribution is 2.27. The largest absolute Gasteiger partial charge is 0.308 e. The molecule has 1 aromatic heterocycles. The number of rotatable bonds is 7. The zero-order valence-corrected chi connectivity index (χ0v) is 13.6. The fourth-order valence-corrected chi connectivity index (χ4v) is 3.08. The number of aromatic nitrogens is 2. The van der Waals surface area contributed by atoms with Crippen LogP contribution < -0.4 is 10.6 Å². The van der Waals surface area contributed by atoms with Gasteiger partial charge in [0, 0.05) is 11.4 Å². The van der Waals surface area contributed by atoms with Gasteiger partial charge in [0.15, 0.2) is 0 Å². The van der Waals surface area contributed by atoms with Crippen molar-refractivity contribution >= 4 is 34.0 Å². The van der Waals surface area contributed by atoms with Gasteiger partial charge in [0.1, 0.15) is 5.01 Å². The van der Waals surface area contributed by atoms with Crippen LogP contribution in [0.4, 0.5) is 5.13 Å². The molecule has 7 heteroatoms. The van der Waals surface area contributed by atoms with Crippen LogP contribution >= 0.6 is 22.9 Å². The summed E-state index contributed by atoms with van der Waals surface area (Å²) in [6.45, 7) is 1.24. The van der Waals surface area contributed by atoms with Gasteiger partial charge in [-0.3, -0.25) is 10.1 Å². The first-order chi connectivity index (χ1) is 10.7. The van der Waals surface area contributed by atoms with E-state index in [1.807, 2.05) is 24.3 Å². The molecule has 1 aliphatic carbocycles. The lowest BCUT2D eigenvalue weighted by Crippen LogP contribution is -2.29. The van der Waals surface area contributed by atoms with Gasteiger partial charge in [-0.25, -0.2) is 0 Å². The van der Waals surface area contributed by atoms with Crippen molar-refractivity contribution in [2.45, 2.75) is 19.3 Å². The van der Waals surface area contributed by atoms with Crippen LogP contribution in [0.1, 0.15) is 23.4 Å². The molecule has 0 spiro atoms. The molecule has 116 valence electrons. The number of halogens is 1. The van der Waals surface area contributed by atoms with Crippen molar-refractivity contribution in [2.75, 3.05) is 18.4 Å². The summed E-state index contributed by atoms with van der Waals surface area (Å²) in [5.74, 6) is 0.685. The minimum atomic E-state index is -0.0777. The molecule has 0 atom stereocenters. The fraction of sp³-hybridized carbons (Fsp3) is 0.400. The van der Waals surface area contributed by atoms with Gasteiger partial charge in [0.25, 0.3) is 0 Å². The molecule has 1 fully saturated rings. The molecule has 5 nitrogen and oxygen atoms in total. The lowest BCUT2D eigenvalue weighted by Gasteiger charge is -2.02. The lowest BCUT2D eigenvalue weighted by atomic mass is 10.2. The van der Waals surface area contributed by atoms with Crippen LogP contribution in [0, 0.1) is 5.92 Å². The predicted molar refractivity (Wildman–Crippen MR) is 88.4 cm³/mol. The van der Waals surface area contributed by atoms with Gasteiger partial charge in [-0.05, 0) is 43.0 Å². The van der Waals surface area contributed by atoms with Gasteiger partial charge in [-0.1, -0.05) is 35.1 Å². The number of nitrogens with zero attached hydrogens (tertiary/aromatic N) is 2. The Labute approximate surface area is 138 Å². The highest BCUT2D eigenvalue weighted by molar-refractivity contribution is 7.15. The first-order valence-corrected chi connectivity index (χ1v) is 8.46. The highest BCUT2D eigenvalue weighted by Gasteiger charge is 2.20. The summed E-state index contributed by atoms with van der Waals surface area (Å²) >= 11 is 7.35. The Hall–Kier alpha value is -1.50. The second-order valence-electron chi connectivity index (χ2n) is 5.43. The zero-order valence-electron chi connectivity index (χ0n) is 12.0. The number of carbonyl (C=O) groups is 1. The van der Waals surface area contributed by atoms with E-state index in [2.05, 4.69) is 20.8 Å². The molecule has 0 unspecified atom stereocenters. The molecule has 0 aliphatic heterocycles. The Morgan fingerprint density at radius 3 is 3.00 bits per heavy atom. The number of hydrogen-bond donors (Lipinski definition) is 2. The van der Waals surface area contributed by atoms with E-state index in [9.17, 15) is 4.79 Å². The molecule has 0 radical (unpaired) electrons. The number of nitrogens with one attached hydrogen (secondary N) is 2. The van der Waals surface area contributed by atoms with E-state index in [0.717, 1.165) is 23.0 Å². The SMILES string of the molecule is O=C(CNCC1CC1)Nc1nnc(Cc2cccc(Cl)c2)s1. The van der Waals surface area contributed by atoms with Crippen molar-refractivity contribution in [2.24, 2.45) is 5.92 Å². The van der Waals surface area contributed by atoms with E-state index < -0.39 is 0 Å². The van der Waals surface area contributed by atoms with E-state index in [1.54, 1.807) is 0 Å². The van der Waals surface area contributed by atoms with Gasteiger partial charge in [0.2, 0.25) is 11.0 Å². The van der Waals surface area contributed by atoms with Crippen LogP contribution in [0.3, 0.4) is 0 Å². The van der Waals surface area contributed by atoms with Gasteiger partial charge >= 0.3 is 0 Å². The third-order valence-corrected chi connectivity index (χ3v) is 4.45. The van der Waals surface area contributed by atoms with E-state index in [0.29, 0.717) is 23.1 Å². The van der Waals surface area contributed by atoms with Gasteiger partial charge in [-0.2, -0.15) is 0 Å². The van der Waals surface area contributed by atoms with E-state index >= 15 is 0 Å². The Balaban J connectivity index is 1.48. The van der Waals surface area contributed by atoms with Crippen LogP contribution in [0.25, 0.3) is 0 Å². The van der Waals surface area contributed by atoms with E-state index in [-0.39, 0.29) is 5.91 Å². The Morgan fingerprint density at radius 1 is 1.36 bits per heavy atom. The molecule has 0 bridgehead atoms. The summed E-state index contributed by atoms with van der Waals surface area (Å²) < 4.78 is 0. The van der Waals surface area contributed by atoms with Crippen molar-refractivity contribution in [3.63, 3.8) is 0 Å². The molecule has 1 heterocycles. The van der Waals surface area contributed by atoms with Crippen molar-refractivity contribution < 1.29 is 4.79 Å². The maximum Gasteiger partial charge on any atom is 0.240 e. The highest BCUT2D eigenvalue weighted by atomic mass is 35.5. The molecule has 1 amide bonds. The predicted octanol–water partition coefficient (Wildman–Crippen LogP) is 2.72. The summed E-state index contributed by atoms with van der Waals surface area (Å²) in [5, 5.41) is 16.1. The molecule has 1 aromatic carbocycles. The van der Waals surface area contributed by atoms with Gasteiger partial charge in [0.05, 0.1) is 6.54 Å². The van der Waals surface area contributed by atoms with Crippen molar-refractivity contribution in [1.29, 1.82) is 0 Å². The minimum absolute atomic E-state index is 0.0777. The second kappa shape index (κ2) is 7.17. The number of anilines is 1. The number of amides is 1. The normalized spacial score (nSPS) is 14.0. The average Bonchev–Trinajstić information content (AvgIpc) is 3.20. The van der Waals surface area contributed by atoms with Crippen LogP contribution in [-0.4, -0.2) is 29.2 Å². The summed E-state index contributed by atoms with van der Waals surface area (Å²) in [6, 6.07) is 7.65. The Kier molecular flexibility index (Phi) is 5.02. The molecule has 2 N–H and O–H groups in total. The molecule has 0 saturated heterocycles. The molecule has 1 saturated carbocycles. The summed E-state index contributed by atoms with van der Waals surface area (Å²) in [6.07, 6.45) is 3.21. The minimum Gasteiger partial charge on any atom is -0.308 e.